The summed E-state index contributed by atoms with van der Waals surface area (Å²) < 4.78 is 13.4. The number of nitriles is 1. The molecular weight excluding hydrogens is 428 g/mol. The van der Waals surface area contributed by atoms with Crippen LogP contribution in [0.25, 0.3) is 0 Å². The lowest BCUT2D eigenvalue weighted by molar-refractivity contribution is 0.0900. The van der Waals surface area contributed by atoms with Gasteiger partial charge in [-0.15, -0.1) is 0 Å². The summed E-state index contributed by atoms with van der Waals surface area (Å²) in [6.45, 7) is 0.846. The Hall–Kier alpha value is -4.31. The minimum Gasteiger partial charge on any atom is -0.484 e. The number of aromatic nitrogens is 2. The van der Waals surface area contributed by atoms with Gasteiger partial charge < -0.3 is 14.5 Å². The van der Waals surface area contributed by atoms with Gasteiger partial charge in [-0.2, -0.15) is 10.4 Å². The van der Waals surface area contributed by atoms with E-state index in [1.165, 1.54) is 11.3 Å². The van der Waals surface area contributed by atoms with Crippen LogP contribution in [0.2, 0.25) is 0 Å². The maximum Gasteiger partial charge on any atom is 0.287 e. The zero-order valence-electron chi connectivity index (χ0n) is 18.6. The molecule has 2 heterocycles. The van der Waals surface area contributed by atoms with Crippen LogP contribution < -0.4 is 10.1 Å². The fraction of sp³-hybridized carbons (Fsp3) is 0.222. The molecule has 7 heteroatoms. The van der Waals surface area contributed by atoms with Crippen LogP contribution in [0.4, 0.5) is 0 Å². The lowest BCUT2D eigenvalue weighted by Crippen LogP contribution is -2.30. The number of carbonyl (C=O) groups is 1. The maximum absolute atomic E-state index is 12.9. The number of benzene rings is 2. The predicted octanol–water partition coefficient (Wildman–Crippen LogP) is 4.78. The lowest BCUT2D eigenvalue weighted by Gasteiger charge is -2.24. The number of rotatable bonds is 7. The molecule has 34 heavy (non-hydrogen) atoms. The standard InChI is InChI=1S/C27H24N4O3/c28-15-20-9-4-5-12-25(20)33-18-21-13-14-26(34-21)27(32)30-23-10-6-11-24-22(23)16-29-31(24)17-19-7-2-1-3-8-19/h1-5,7-9,12-14,16,23H,6,10-11,17-18H2,(H,30,32). The molecule has 170 valence electrons. The summed E-state index contributed by atoms with van der Waals surface area (Å²) in [6, 6.07) is 22.6. The molecule has 0 bridgehead atoms. The molecule has 2 aromatic carbocycles. The van der Waals surface area contributed by atoms with Gasteiger partial charge in [0, 0.05) is 11.3 Å². The Balaban J connectivity index is 1.24. The van der Waals surface area contributed by atoms with E-state index < -0.39 is 0 Å². The van der Waals surface area contributed by atoms with Gasteiger partial charge in [0.05, 0.1) is 24.3 Å². The number of furan rings is 1. The number of hydrogen-bond acceptors (Lipinski definition) is 5. The highest BCUT2D eigenvalue weighted by molar-refractivity contribution is 5.91. The van der Waals surface area contributed by atoms with Crippen LogP contribution in [-0.4, -0.2) is 15.7 Å². The van der Waals surface area contributed by atoms with Crippen molar-refractivity contribution in [3.05, 3.63) is 107 Å². The molecule has 1 unspecified atom stereocenters. The van der Waals surface area contributed by atoms with Crippen molar-refractivity contribution < 1.29 is 13.9 Å². The van der Waals surface area contributed by atoms with Gasteiger partial charge >= 0.3 is 0 Å². The molecule has 0 fully saturated rings. The minimum atomic E-state index is -0.266. The molecule has 4 aromatic rings. The van der Waals surface area contributed by atoms with Crippen molar-refractivity contribution >= 4 is 5.91 Å². The Morgan fingerprint density at radius 2 is 1.97 bits per heavy atom. The fourth-order valence-corrected chi connectivity index (χ4v) is 4.30. The Bertz CT molecular complexity index is 1330. The van der Waals surface area contributed by atoms with Gasteiger partial charge in [0.1, 0.15) is 24.2 Å². The van der Waals surface area contributed by atoms with Crippen LogP contribution in [0, 0.1) is 11.3 Å². The van der Waals surface area contributed by atoms with Crippen LogP contribution in [0.1, 0.15) is 57.6 Å². The van der Waals surface area contributed by atoms with E-state index in [9.17, 15) is 10.1 Å². The van der Waals surface area contributed by atoms with Crippen molar-refractivity contribution in [1.82, 2.24) is 15.1 Å². The lowest BCUT2D eigenvalue weighted by atomic mass is 9.93. The first-order valence-corrected chi connectivity index (χ1v) is 11.3. The van der Waals surface area contributed by atoms with E-state index in [-0.39, 0.29) is 24.3 Å². The predicted molar refractivity (Wildman–Crippen MR) is 125 cm³/mol. The summed E-state index contributed by atoms with van der Waals surface area (Å²) in [5.41, 5.74) is 3.89. The summed E-state index contributed by atoms with van der Waals surface area (Å²) in [4.78, 5) is 12.9. The molecule has 0 radical (unpaired) electrons. The summed E-state index contributed by atoms with van der Waals surface area (Å²) >= 11 is 0. The van der Waals surface area contributed by atoms with Crippen molar-refractivity contribution in [2.24, 2.45) is 0 Å². The molecule has 0 saturated carbocycles. The molecule has 1 aliphatic carbocycles. The monoisotopic (exact) mass is 452 g/mol. The highest BCUT2D eigenvalue weighted by Gasteiger charge is 2.27. The molecule has 1 amide bonds. The van der Waals surface area contributed by atoms with Crippen LogP contribution in [-0.2, 0) is 19.6 Å². The van der Waals surface area contributed by atoms with E-state index in [1.54, 1.807) is 36.4 Å². The first-order chi connectivity index (χ1) is 16.7. The van der Waals surface area contributed by atoms with Crippen molar-refractivity contribution in [3.63, 3.8) is 0 Å². The molecule has 2 aromatic heterocycles. The number of hydrogen-bond donors (Lipinski definition) is 1. The minimum absolute atomic E-state index is 0.104. The van der Waals surface area contributed by atoms with E-state index in [0.717, 1.165) is 24.8 Å². The zero-order valence-corrected chi connectivity index (χ0v) is 18.6. The number of nitrogens with one attached hydrogen (secondary N) is 1. The van der Waals surface area contributed by atoms with Gasteiger partial charge in [0.25, 0.3) is 5.91 Å². The molecule has 0 aliphatic heterocycles. The third-order valence-corrected chi connectivity index (χ3v) is 6.01. The zero-order chi connectivity index (χ0) is 23.3. The third-order valence-electron chi connectivity index (χ3n) is 6.01. The smallest absolute Gasteiger partial charge is 0.287 e. The SMILES string of the molecule is N#Cc1ccccc1OCc1ccc(C(=O)NC2CCCc3c2cnn3Cc2ccccc2)o1. The van der Waals surface area contributed by atoms with Crippen molar-refractivity contribution in [3.8, 4) is 11.8 Å². The highest BCUT2D eigenvalue weighted by atomic mass is 16.5. The number of carbonyl (C=O) groups excluding carboxylic acids is 1. The fourth-order valence-electron chi connectivity index (χ4n) is 4.30. The van der Waals surface area contributed by atoms with Gasteiger partial charge in [-0.1, -0.05) is 42.5 Å². The summed E-state index contributed by atoms with van der Waals surface area (Å²) in [7, 11) is 0. The maximum atomic E-state index is 12.9. The van der Waals surface area contributed by atoms with E-state index >= 15 is 0 Å². The van der Waals surface area contributed by atoms with E-state index in [0.29, 0.717) is 23.6 Å². The number of fused-ring (bicyclic) bond motifs is 1. The highest BCUT2D eigenvalue weighted by Crippen LogP contribution is 2.30. The Kier molecular flexibility index (Phi) is 6.13. The quantitative estimate of drug-likeness (QED) is 0.435. The van der Waals surface area contributed by atoms with Crippen molar-refractivity contribution in [2.45, 2.75) is 38.5 Å². The number of nitrogens with zero attached hydrogens (tertiary/aromatic N) is 3. The van der Waals surface area contributed by atoms with E-state index in [1.807, 2.05) is 29.1 Å². The van der Waals surface area contributed by atoms with Crippen LogP contribution in [0.5, 0.6) is 5.75 Å². The number of para-hydroxylation sites is 1. The molecular formula is C27H24N4O3. The second-order valence-corrected chi connectivity index (χ2v) is 8.27. The molecule has 1 atom stereocenters. The number of amides is 1. The first kappa shape index (κ1) is 21.5. The largest absolute Gasteiger partial charge is 0.484 e. The van der Waals surface area contributed by atoms with Crippen molar-refractivity contribution in [2.75, 3.05) is 0 Å². The average Bonchev–Trinajstić information content (AvgIpc) is 3.52. The van der Waals surface area contributed by atoms with Crippen LogP contribution >= 0.6 is 0 Å². The summed E-state index contributed by atoms with van der Waals surface area (Å²) in [5, 5.41) is 16.9. The van der Waals surface area contributed by atoms with E-state index in [2.05, 4.69) is 28.6 Å². The Morgan fingerprint density at radius 1 is 1.15 bits per heavy atom. The first-order valence-electron chi connectivity index (χ1n) is 11.3. The molecule has 1 N–H and O–H groups in total. The van der Waals surface area contributed by atoms with Crippen molar-refractivity contribution in [1.29, 1.82) is 5.26 Å². The van der Waals surface area contributed by atoms with Gasteiger partial charge in [0.2, 0.25) is 0 Å². The van der Waals surface area contributed by atoms with Gasteiger partial charge in [-0.25, -0.2) is 0 Å². The normalized spacial score (nSPS) is 14.7. The Labute approximate surface area is 197 Å². The molecule has 7 nitrogen and oxygen atoms in total. The average molecular weight is 453 g/mol. The Morgan fingerprint density at radius 3 is 2.82 bits per heavy atom. The molecule has 5 rings (SSSR count). The summed E-state index contributed by atoms with van der Waals surface area (Å²) in [5.74, 6) is 0.959. The number of ether oxygens (including phenoxy) is 1. The second kappa shape index (κ2) is 9.67. The third kappa shape index (κ3) is 4.57. The molecule has 0 saturated heterocycles. The second-order valence-electron chi connectivity index (χ2n) is 8.27. The summed E-state index contributed by atoms with van der Waals surface area (Å²) in [6.07, 6.45) is 4.66. The molecule has 1 aliphatic rings. The van der Waals surface area contributed by atoms with Gasteiger partial charge in [-0.05, 0) is 49.1 Å². The van der Waals surface area contributed by atoms with E-state index in [4.69, 9.17) is 9.15 Å². The van der Waals surface area contributed by atoms with Gasteiger partial charge in [0.15, 0.2) is 5.76 Å². The van der Waals surface area contributed by atoms with Crippen LogP contribution in [0.3, 0.4) is 0 Å². The molecule has 0 spiro atoms. The van der Waals surface area contributed by atoms with Gasteiger partial charge in [-0.3, -0.25) is 9.48 Å². The topological polar surface area (TPSA) is 93.1 Å². The van der Waals surface area contributed by atoms with Crippen LogP contribution in [0.15, 0.2) is 77.3 Å².